The Morgan fingerprint density at radius 1 is 1.29 bits per heavy atom. The molecule has 0 aromatic heterocycles. The smallest absolute Gasteiger partial charge is 0.416 e. The minimum Gasteiger partial charge on any atom is -0.507 e. The van der Waals surface area contributed by atoms with E-state index in [0.29, 0.717) is 19.0 Å². The number of phenols is 1. The fourth-order valence-electron chi connectivity index (χ4n) is 2.62. The van der Waals surface area contributed by atoms with E-state index in [0.717, 1.165) is 12.5 Å². The molecule has 2 aliphatic heterocycles. The molecule has 0 aliphatic carbocycles. The van der Waals surface area contributed by atoms with Crippen LogP contribution in [0.15, 0.2) is 29.3 Å². The van der Waals surface area contributed by atoms with Crippen molar-refractivity contribution in [2.45, 2.75) is 32.0 Å². The summed E-state index contributed by atoms with van der Waals surface area (Å²) < 4.78 is 37.9. The summed E-state index contributed by atoms with van der Waals surface area (Å²) in [6.45, 7) is 2.07. The normalized spacial score (nSPS) is 19.5. The number of aromatic hydroxyl groups is 1. The number of carbonyl (C=O) groups excluding carboxylic acids is 1. The van der Waals surface area contributed by atoms with Crippen LogP contribution in [0.25, 0.3) is 0 Å². The number of hydrogen-bond donors (Lipinski definition) is 5. The lowest BCUT2D eigenvalue weighted by Gasteiger charge is -2.17. The predicted molar refractivity (Wildman–Crippen MR) is 99.2 cm³/mol. The number of halogens is 3. The molecule has 2 heterocycles. The van der Waals surface area contributed by atoms with Crippen LogP contribution >= 0.6 is 0 Å². The number of dihydropyridines is 1. The molecule has 0 bridgehead atoms. The van der Waals surface area contributed by atoms with E-state index in [1.807, 2.05) is 0 Å². The third-order valence-corrected chi connectivity index (χ3v) is 4.10. The molecule has 6 N–H and O–H groups in total. The summed E-state index contributed by atoms with van der Waals surface area (Å²) in [5.74, 6) is -0.727. The summed E-state index contributed by atoms with van der Waals surface area (Å²) in [6, 6.07) is 1.73. The highest BCUT2D eigenvalue weighted by atomic mass is 19.4. The summed E-state index contributed by atoms with van der Waals surface area (Å²) in [5, 5.41) is 27.2. The quantitative estimate of drug-likeness (QED) is 0.499. The Morgan fingerprint density at radius 2 is 1.96 bits per heavy atom. The third kappa shape index (κ3) is 5.26. The molecule has 7 nitrogen and oxygen atoms in total. The van der Waals surface area contributed by atoms with Gasteiger partial charge >= 0.3 is 6.18 Å². The standard InChI is InChI=1S/C13H10F3N3O.C5H10N2O/c1-6-4-7(13(14,15)16)5-10(20)11(6)9-3-2-8(17)12(18)19-9;6-4-1-2-5(8)7-3-4/h2-5,17-18,20H,1H3;4H,1-3,6H2,(H,7,8). The Hall–Kier alpha value is -3.01. The maximum absolute atomic E-state index is 12.6. The van der Waals surface area contributed by atoms with Gasteiger partial charge in [0.15, 0.2) is 5.84 Å². The number of hydrogen-bond acceptors (Lipinski definition) is 5. The SMILES string of the molecule is Cc1cc(C(F)(F)F)cc(O)c1C1=NC(=N)C(=N)C=C1.NC1CCC(=O)NC1. The topological polar surface area (TPSA) is 135 Å². The number of nitrogens with zero attached hydrogens (tertiary/aromatic N) is 1. The van der Waals surface area contributed by atoms with Crippen molar-refractivity contribution in [2.24, 2.45) is 10.7 Å². The van der Waals surface area contributed by atoms with Crippen molar-refractivity contribution in [3.63, 3.8) is 0 Å². The van der Waals surface area contributed by atoms with E-state index in [4.69, 9.17) is 16.6 Å². The van der Waals surface area contributed by atoms with Crippen molar-refractivity contribution >= 4 is 23.2 Å². The van der Waals surface area contributed by atoms with Gasteiger partial charge in [0, 0.05) is 24.6 Å². The molecule has 3 rings (SSSR count). The van der Waals surface area contributed by atoms with Crippen LogP contribution in [0.1, 0.15) is 29.5 Å². The van der Waals surface area contributed by atoms with E-state index in [2.05, 4.69) is 10.3 Å². The monoisotopic (exact) mass is 395 g/mol. The van der Waals surface area contributed by atoms with Crippen LogP contribution in [0.3, 0.4) is 0 Å². The van der Waals surface area contributed by atoms with Gasteiger partial charge in [-0.3, -0.25) is 15.6 Å². The molecule has 1 aromatic rings. The number of aryl methyl sites for hydroxylation is 1. The van der Waals surface area contributed by atoms with Gasteiger partial charge < -0.3 is 16.2 Å². The Balaban J connectivity index is 0.000000292. The van der Waals surface area contributed by atoms with Crippen molar-refractivity contribution in [3.8, 4) is 5.75 Å². The second-order valence-corrected chi connectivity index (χ2v) is 6.38. The number of rotatable bonds is 1. The number of carbonyl (C=O) groups is 1. The van der Waals surface area contributed by atoms with E-state index >= 15 is 0 Å². The van der Waals surface area contributed by atoms with Gasteiger partial charge in [-0.25, -0.2) is 4.99 Å². The lowest BCUT2D eigenvalue weighted by atomic mass is 9.97. The molecule has 0 saturated carbocycles. The van der Waals surface area contributed by atoms with Gasteiger partial charge in [-0.1, -0.05) is 0 Å². The predicted octanol–water partition coefficient (Wildman–Crippen LogP) is 2.30. The number of benzene rings is 1. The average molecular weight is 395 g/mol. The molecule has 1 atom stereocenters. The van der Waals surface area contributed by atoms with Crippen molar-refractivity contribution in [1.29, 1.82) is 10.8 Å². The van der Waals surface area contributed by atoms with E-state index in [1.54, 1.807) is 0 Å². The summed E-state index contributed by atoms with van der Waals surface area (Å²) in [6.07, 6.45) is -0.413. The van der Waals surface area contributed by atoms with E-state index in [-0.39, 0.29) is 40.3 Å². The molecule has 28 heavy (non-hydrogen) atoms. The summed E-state index contributed by atoms with van der Waals surface area (Å²) in [4.78, 5) is 14.2. The zero-order valence-corrected chi connectivity index (χ0v) is 15.0. The van der Waals surface area contributed by atoms with E-state index in [9.17, 15) is 23.1 Å². The molecule has 1 amide bonds. The number of aliphatic imine (C=N–C) groups is 1. The van der Waals surface area contributed by atoms with Crippen LogP contribution in [0.4, 0.5) is 13.2 Å². The maximum atomic E-state index is 12.6. The van der Waals surface area contributed by atoms with E-state index < -0.39 is 17.5 Å². The maximum Gasteiger partial charge on any atom is 0.416 e. The average Bonchev–Trinajstić information content (AvgIpc) is 2.60. The number of amidine groups is 1. The molecule has 0 spiro atoms. The van der Waals surface area contributed by atoms with Crippen LogP contribution in [-0.4, -0.2) is 40.9 Å². The fourth-order valence-corrected chi connectivity index (χ4v) is 2.62. The number of alkyl halides is 3. The lowest BCUT2D eigenvalue weighted by Crippen LogP contribution is -2.42. The van der Waals surface area contributed by atoms with Gasteiger partial charge in [-0.2, -0.15) is 13.2 Å². The first kappa shape index (κ1) is 21.3. The van der Waals surface area contributed by atoms with Crippen molar-refractivity contribution in [2.75, 3.05) is 6.54 Å². The van der Waals surface area contributed by atoms with Crippen molar-refractivity contribution in [3.05, 3.63) is 41.0 Å². The molecule has 1 unspecified atom stereocenters. The van der Waals surface area contributed by atoms with Gasteiger partial charge in [0.1, 0.15) is 5.75 Å². The van der Waals surface area contributed by atoms with E-state index in [1.165, 1.54) is 19.1 Å². The zero-order valence-electron chi connectivity index (χ0n) is 15.0. The second kappa shape index (κ2) is 8.34. The highest BCUT2D eigenvalue weighted by molar-refractivity contribution is 6.48. The first-order chi connectivity index (χ1) is 13.0. The van der Waals surface area contributed by atoms with Crippen LogP contribution in [0.2, 0.25) is 0 Å². The Morgan fingerprint density at radius 3 is 2.43 bits per heavy atom. The summed E-state index contributed by atoms with van der Waals surface area (Å²) >= 11 is 0. The van der Waals surface area contributed by atoms with Gasteiger partial charge in [-0.15, -0.1) is 0 Å². The van der Waals surface area contributed by atoms with Crippen LogP contribution in [0.5, 0.6) is 5.75 Å². The first-order valence-electron chi connectivity index (χ1n) is 8.36. The molecule has 10 heteroatoms. The highest BCUT2D eigenvalue weighted by Gasteiger charge is 2.32. The fraction of sp³-hybridized carbons (Fsp3) is 0.333. The first-order valence-corrected chi connectivity index (χ1v) is 8.36. The summed E-state index contributed by atoms with van der Waals surface area (Å²) in [7, 11) is 0. The Bertz CT molecular complexity index is 841. The number of allylic oxidation sites excluding steroid dienone is 1. The van der Waals surface area contributed by atoms with Crippen LogP contribution in [0, 0.1) is 17.7 Å². The molecule has 2 aliphatic rings. The van der Waals surface area contributed by atoms with Gasteiger partial charge in [0.05, 0.1) is 17.0 Å². The van der Waals surface area contributed by atoms with Gasteiger partial charge in [0.25, 0.3) is 0 Å². The minimum absolute atomic E-state index is 0.0993. The highest BCUT2D eigenvalue weighted by Crippen LogP contribution is 2.35. The minimum atomic E-state index is -4.54. The van der Waals surface area contributed by atoms with Crippen molar-refractivity contribution in [1.82, 2.24) is 5.32 Å². The molecule has 0 radical (unpaired) electrons. The molecule has 1 fully saturated rings. The molecule has 1 saturated heterocycles. The molecule has 1 aromatic carbocycles. The van der Waals surface area contributed by atoms with Crippen LogP contribution in [-0.2, 0) is 11.0 Å². The Kier molecular flexibility index (Phi) is 6.34. The Labute approximate surface area is 159 Å². The largest absolute Gasteiger partial charge is 0.507 e. The number of nitrogens with one attached hydrogen (secondary N) is 3. The molecular formula is C18H20F3N5O2. The number of nitrogens with two attached hydrogens (primary N) is 1. The van der Waals surface area contributed by atoms with Gasteiger partial charge in [-0.05, 0) is 43.2 Å². The number of phenolic OH excluding ortho intramolecular Hbond substituents is 1. The van der Waals surface area contributed by atoms with Crippen molar-refractivity contribution < 1.29 is 23.1 Å². The zero-order chi connectivity index (χ0) is 21.1. The number of amides is 1. The molecule has 150 valence electrons. The second-order valence-electron chi connectivity index (χ2n) is 6.38. The molecular weight excluding hydrogens is 375 g/mol. The lowest BCUT2D eigenvalue weighted by molar-refractivity contribution is -0.137. The van der Waals surface area contributed by atoms with Crippen LogP contribution < -0.4 is 11.1 Å². The summed E-state index contributed by atoms with van der Waals surface area (Å²) in [5.41, 5.74) is 4.93. The van der Waals surface area contributed by atoms with Gasteiger partial charge in [0.2, 0.25) is 5.91 Å². The third-order valence-electron chi connectivity index (χ3n) is 4.10. The number of piperidine rings is 1.